The summed E-state index contributed by atoms with van der Waals surface area (Å²) >= 11 is 5.92. The lowest BCUT2D eigenvalue weighted by molar-refractivity contribution is -0.153. The Balaban J connectivity index is 1.47. The first-order chi connectivity index (χ1) is 19.1. The van der Waals surface area contributed by atoms with Crippen molar-refractivity contribution in [1.29, 1.82) is 0 Å². The molecule has 5 rings (SSSR count). The number of aliphatic carboxylic acids is 1. The second-order valence-corrected chi connectivity index (χ2v) is 10.5. The number of anilines is 2. The van der Waals surface area contributed by atoms with Gasteiger partial charge in [-0.05, 0) is 39.3 Å². The molecular weight excluding hydrogens is 549 g/mol. The van der Waals surface area contributed by atoms with E-state index in [1.807, 2.05) is 11.8 Å². The standard InChI is InChI=1S/C27H26ClF3N6O3/c1-14-10-19(36-35-14)34-24-23(31)20(25-32-7-9-40-25)22(30)18(33-24)12-27(26(38)39)6-8-37(15(2)11-27)13-16-4-3-5-17(28)21(16)29/h3-5,7,9-10,15H,6,8,11-13H2,1-2H3,(H,38,39)(H2,33,34,35,36)/t15-,27-/m1/s1. The summed E-state index contributed by atoms with van der Waals surface area (Å²) in [6.45, 7) is 4.12. The Morgan fingerprint density at radius 1 is 1.30 bits per heavy atom. The minimum absolute atomic E-state index is 0.0103. The van der Waals surface area contributed by atoms with Crippen molar-refractivity contribution < 1.29 is 27.5 Å². The predicted octanol–water partition coefficient (Wildman–Crippen LogP) is 5.88. The fourth-order valence-electron chi connectivity index (χ4n) is 5.18. The minimum Gasteiger partial charge on any atom is -0.481 e. The van der Waals surface area contributed by atoms with Crippen LogP contribution in [0.3, 0.4) is 0 Å². The van der Waals surface area contributed by atoms with Crippen LogP contribution in [0.25, 0.3) is 11.5 Å². The average molecular weight is 575 g/mol. The summed E-state index contributed by atoms with van der Waals surface area (Å²) < 4.78 is 51.1. The number of halogens is 4. The quantitative estimate of drug-likeness (QED) is 0.239. The second-order valence-electron chi connectivity index (χ2n) is 10.1. The van der Waals surface area contributed by atoms with Gasteiger partial charge in [0.2, 0.25) is 5.89 Å². The summed E-state index contributed by atoms with van der Waals surface area (Å²) in [7, 11) is 0. The highest BCUT2D eigenvalue weighted by Crippen LogP contribution is 2.41. The van der Waals surface area contributed by atoms with E-state index in [1.165, 1.54) is 18.5 Å². The molecule has 4 heterocycles. The van der Waals surface area contributed by atoms with Gasteiger partial charge in [-0.1, -0.05) is 23.7 Å². The molecule has 0 unspecified atom stereocenters. The Hall–Kier alpha value is -3.90. The molecule has 1 fully saturated rings. The number of aryl methyl sites for hydroxylation is 1. The topological polar surface area (TPSA) is 120 Å². The van der Waals surface area contributed by atoms with Crippen LogP contribution in [0.15, 0.2) is 41.1 Å². The van der Waals surface area contributed by atoms with Crippen molar-refractivity contribution in [2.75, 3.05) is 11.9 Å². The maximum Gasteiger partial charge on any atom is 0.310 e. The van der Waals surface area contributed by atoms with Crippen molar-refractivity contribution in [2.45, 2.75) is 45.7 Å². The normalized spacial score (nSPS) is 19.6. The van der Waals surface area contributed by atoms with E-state index in [0.717, 1.165) is 0 Å². The molecule has 0 saturated carbocycles. The number of hydrogen-bond donors (Lipinski definition) is 3. The van der Waals surface area contributed by atoms with E-state index in [9.17, 15) is 14.3 Å². The van der Waals surface area contributed by atoms with E-state index < -0.39 is 34.4 Å². The van der Waals surface area contributed by atoms with Crippen molar-refractivity contribution >= 4 is 29.2 Å². The molecule has 3 N–H and O–H groups in total. The number of aromatic amines is 1. The number of hydrogen-bond acceptors (Lipinski definition) is 7. The number of benzene rings is 1. The van der Waals surface area contributed by atoms with E-state index in [-0.39, 0.29) is 60.1 Å². The van der Waals surface area contributed by atoms with E-state index >= 15 is 8.78 Å². The Morgan fingerprint density at radius 3 is 2.75 bits per heavy atom. The highest BCUT2D eigenvalue weighted by molar-refractivity contribution is 6.30. The van der Waals surface area contributed by atoms with Crippen LogP contribution in [0.5, 0.6) is 0 Å². The van der Waals surface area contributed by atoms with Crippen LogP contribution in [-0.4, -0.2) is 48.7 Å². The van der Waals surface area contributed by atoms with Crippen LogP contribution < -0.4 is 5.32 Å². The maximum atomic E-state index is 15.8. The number of carboxylic acid groups (broad SMARTS) is 1. The van der Waals surface area contributed by atoms with Crippen LogP contribution in [0.2, 0.25) is 5.02 Å². The van der Waals surface area contributed by atoms with Gasteiger partial charge in [-0.2, -0.15) is 5.10 Å². The van der Waals surface area contributed by atoms with Gasteiger partial charge in [-0.25, -0.2) is 23.1 Å². The fourth-order valence-corrected chi connectivity index (χ4v) is 5.37. The molecule has 210 valence electrons. The summed E-state index contributed by atoms with van der Waals surface area (Å²) in [5.41, 5.74) is -1.14. The van der Waals surface area contributed by atoms with E-state index in [4.69, 9.17) is 16.0 Å². The number of carbonyl (C=O) groups is 1. The molecule has 13 heteroatoms. The largest absolute Gasteiger partial charge is 0.481 e. The molecule has 9 nitrogen and oxygen atoms in total. The van der Waals surface area contributed by atoms with Gasteiger partial charge in [-0.3, -0.25) is 14.8 Å². The summed E-state index contributed by atoms with van der Waals surface area (Å²) in [5, 5.41) is 19.8. The first-order valence-corrected chi connectivity index (χ1v) is 12.9. The third-order valence-electron chi connectivity index (χ3n) is 7.30. The van der Waals surface area contributed by atoms with Crippen molar-refractivity contribution in [2.24, 2.45) is 5.41 Å². The van der Waals surface area contributed by atoms with E-state index in [1.54, 1.807) is 25.1 Å². The molecule has 1 aliphatic heterocycles. The Bertz CT molecular complexity index is 1550. The Morgan fingerprint density at radius 2 is 2.10 bits per heavy atom. The van der Waals surface area contributed by atoms with Gasteiger partial charge >= 0.3 is 5.97 Å². The van der Waals surface area contributed by atoms with Crippen molar-refractivity contribution in [3.63, 3.8) is 0 Å². The smallest absolute Gasteiger partial charge is 0.310 e. The molecule has 4 aromatic rings. The SMILES string of the molecule is Cc1cc(Nc2nc(C[C@@]3(C(=O)O)CCN(Cc4cccc(Cl)c4F)[C@H](C)C3)c(F)c(-c3ncco3)c2F)n[nH]1. The number of nitrogens with zero attached hydrogens (tertiary/aromatic N) is 4. The number of nitrogens with one attached hydrogen (secondary N) is 2. The van der Waals surface area contributed by atoms with Gasteiger partial charge < -0.3 is 14.8 Å². The molecule has 40 heavy (non-hydrogen) atoms. The third-order valence-corrected chi connectivity index (χ3v) is 7.59. The van der Waals surface area contributed by atoms with Crippen LogP contribution >= 0.6 is 11.6 Å². The molecule has 1 saturated heterocycles. The first kappa shape index (κ1) is 27.7. The number of rotatable bonds is 8. The summed E-state index contributed by atoms with van der Waals surface area (Å²) in [5.74, 6) is -4.18. The predicted molar refractivity (Wildman–Crippen MR) is 141 cm³/mol. The molecule has 0 spiro atoms. The zero-order valence-electron chi connectivity index (χ0n) is 21.6. The lowest BCUT2D eigenvalue weighted by Gasteiger charge is -2.43. The second kappa shape index (κ2) is 10.9. The van der Waals surface area contributed by atoms with Crippen molar-refractivity contribution in [1.82, 2.24) is 25.1 Å². The highest BCUT2D eigenvalue weighted by atomic mass is 35.5. The number of piperidine rings is 1. The van der Waals surface area contributed by atoms with Crippen molar-refractivity contribution in [3.05, 3.63) is 76.2 Å². The van der Waals surface area contributed by atoms with Gasteiger partial charge in [0.1, 0.15) is 17.6 Å². The Kier molecular flexibility index (Phi) is 7.56. The summed E-state index contributed by atoms with van der Waals surface area (Å²) in [4.78, 5) is 22.7. The zero-order chi connectivity index (χ0) is 28.6. The van der Waals surface area contributed by atoms with Gasteiger partial charge in [0, 0.05) is 36.3 Å². The molecule has 3 aromatic heterocycles. The van der Waals surface area contributed by atoms with Gasteiger partial charge in [0.25, 0.3) is 0 Å². The van der Waals surface area contributed by atoms with E-state index in [2.05, 4.69) is 25.5 Å². The van der Waals surface area contributed by atoms with Crippen molar-refractivity contribution in [3.8, 4) is 11.5 Å². The lowest BCUT2D eigenvalue weighted by atomic mass is 9.72. The van der Waals surface area contributed by atoms with Crippen LogP contribution in [0.4, 0.5) is 24.8 Å². The van der Waals surface area contributed by atoms with Crippen LogP contribution in [-0.2, 0) is 17.8 Å². The highest BCUT2D eigenvalue weighted by Gasteiger charge is 2.46. The van der Waals surface area contributed by atoms with Gasteiger partial charge in [0.15, 0.2) is 23.3 Å². The summed E-state index contributed by atoms with van der Waals surface area (Å²) in [6, 6.07) is 6.05. The number of oxazole rings is 1. The minimum atomic E-state index is -1.41. The molecule has 1 aliphatic rings. The maximum absolute atomic E-state index is 15.8. The lowest BCUT2D eigenvalue weighted by Crippen LogP contribution is -2.50. The first-order valence-electron chi connectivity index (χ1n) is 12.5. The molecule has 1 aromatic carbocycles. The van der Waals surface area contributed by atoms with Crippen LogP contribution in [0, 0.1) is 29.8 Å². The van der Waals surface area contributed by atoms with Gasteiger partial charge in [-0.15, -0.1) is 0 Å². The van der Waals surface area contributed by atoms with Crippen LogP contribution in [0.1, 0.15) is 36.7 Å². The van der Waals surface area contributed by atoms with E-state index in [0.29, 0.717) is 17.8 Å². The zero-order valence-corrected chi connectivity index (χ0v) is 22.4. The molecule has 0 amide bonds. The molecule has 0 bridgehead atoms. The fraction of sp³-hybridized carbons (Fsp3) is 0.333. The molecule has 2 atom stereocenters. The molecular formula is C27H26ClF3N6O3. The summed E-state index contributed by atoms with van der Waals surface area (Å²) in [6.07, 6.45) is 2.36. The monoisotopic (exact) mass is 574 g/mol. The van der Waals surface area contributed by atoms with Gasteiger partial charge in [0.05, 0.1) is 22.3 Å². The number of pyridine rings is 1. The average Bonchev–Trinajstić information content (AvgIpc) is 3.58. The number of likely N-dealkylation sites (tertiary alicyclic amines) is 1. The molecule has 0 radical (unpaired) electrons. The third kappa shape index (κ3) is 5.28. The molecule has 0 aliphatic carbocycles. The number of carboxylic acids is 1. The Labute approximate surface area is 232 Å². The number of H-pyrrole nitrogens is 1. The number of aromatic nitrogens is 4.